The zero-order valence-electron chi connectivity index (χ0n) is 11.9. The highest BCUT2D eigenvalue weighted by Gasteiger charge is 2.27. The molecule has 0 unspecified atom stereocenters. The molecule has 0 aliphatic carbocycles. The molecule has 2 aliphatic rings. The van der Waals surface area contributed by atoms with E-state index in [9.17, 15) is 4.79 Å². The number of methoxy groups -OCH3 is 1. The minimum atomic E-state index is 0.119. The minimum Gasteiger partial charge on any atom is -0.383 e. The highest BCUT2D eigenvalue weighted by atomic mass is 32.1. The molecule has 0 spiro atoms. The highest BCUT2D eigenvalue weighted by molar-refractivity contribution is 7.14. The van der Waals surface area contributed by atoms with Crippen LogP contribution in [0.4, 0.5) is 5.82 Å². The number of fused-ring (bicyclic) bond motifs is 1. The van der Waals surface area contributed by atoms with Crippen molar-refractivity contribution in [3.8, 4) is 0 Å². The van der Waals surface area contributed by atoms with Gasteiger partial charge >= 0.3 is 0 Å². The molecule has 1 aromatic heterocycles. The Balaban J connectivity index is 1.77. The van der Waals surface area contributed by atoms with Gasteiger partial charge in [-0.3, -0.25) is 4.79 Å². The van der Waals surface area contributed by atoms with Crippen molar-refractivity contribution in [3.63, 3.8) is 0 Å². The maximum atomic E-state index is 12.4. The Morgan fingerprint density at radius 1 is 1.30 bits per heavy atom. The van der Waals surface area contributed by atoms with Crippen LogP contribution in [0.5, 0.6) is 0 Å². The Kier molecular flexibility index (Phi) is 4.21. The van der Waals surface area contributed by atoms with Crippen LogP contribution in [0.1, 0.15) is 33.9 Å². The first-order valence-electron chi connectivity index (χ1n) is 7.32. The van der Waals surface area contributed by atoms with Crippen molar-refractivity contribution < 1.29 is 9.53 Å². The first-order valence-corrected chi connectivity index (χ1v) is 8.14. The summed E-state index contributed by atoms with van der Waals surface area (Å²) in [4.78, 5) is 22.5. The number of aromatic nitrogens is 1. The lowest BCUT2D eigenvalue weighted by Gasteiger charge is -2.26. The summed E-state index contributed by atoms with van der Waals surface area (Å²) in [6.07, 6.45) is 4.42. The van der Waals surface area contributed by atoms with Crippen LogP contribution in [0.3, 0.4) is 0 Å². The van der Waals surface area contributed by atoms with Crippen LogP contribution >= 0.6 is 11.3 Å². The molecule has 3 heterocycles. The predicted octanol–water partition coefficient (Wildman–Crippen LogP) is 1.78. The van der Waals surface area contributed by atoms with Crippen molar-refractivity contribution >= 4 is 23.1 Å². The molecule has 1 fully saturated rings. The maximum Gasteiger partial charge on any atom is 0.282 e. The Bertz CT molecular complexity index is 483. The van der Waals surface area contributed by atoms with Gasteiger partial charge in [0.1, 0.15) is 5.82 Å². The maximum absolute atomic E-state index is 12.4. The fourth-order valence-corrected chi connectivity index (χ4v) is 3.95. The Morgan fingerprint density at radius 2 is 2.10 bits per heavy atom. The number of hydrogen-bond acceptors (Lipinski definition) is 5. The number of likely N-dealkylation sites (tertiary alicyclic amines) is 1. The summed E-state index contributed by atoms with van der Waals surface area (Å²) >= 11 is 1.58. The standard InChI is InChI=1S/C14H21N3O2S/c1-19-10-9-16-8-4-5-11-12(16)15-13(20-11)14(18)17-6-2-3-7-17/h2-10H2,1H3. The summed E-state index contributed by atoms with van der Waals surface area (Å²) in [6.45, 7) is 4.33. The molecule has 1 aromatic rings. The molecular formula is C14H21N3O2S. The summed E-state index contributed by atoms with van der Waals surface area (Å²) in [5, 5.41) is 0.668. The Morgan fingerprint density at radius 3 is 2.85 bits per heavy atom. The zero-order chi connectivity index (χ0) is 13.9. The van der Waals surface area contributed by atoms with Gasteiger partial charge < -0.3 is 14.5 Å². The van der Waals surface area contributed by atoms with Crippen LogP contribution in [0, 0.1) is 0 Å². The number of ether oxygens (including phenoxy) is 1. The lowest BCUT2D eigenvalue weighted by atomic mass is 10.2. The van der Waals surface area contributed by atoms with Gasteiger partial charge in [0.05, 0.1) is 6.61 Å². The monoisotopic (exact) mass is 295 g/mol. The number of carbonyl (C=O) groups is 1. The van der Waals surface area contributed by atoms with Crippen LogP contribution in [0.15, 0.2) is 0 Å². The van der Waals surface area contributed by atoms with E-state index in [1.54, 1.807) is 18.4 Å². The Hall–Kier alpha value is -1.14. The van der Waals surface area contributed by atoms with Gasteiger partial charge in [-0.1, -0.05) is 0 Å². The minimum absolute atomic E-state index is 0.119. The van der Waals surface area contributed by atoms with Gasteiger partial charge in [0.15, 0.2) is 5.01 Å². The molecule has 0 saturated carbocycles. The second kappa shape index (κ2) is 6.10. The molecule has 0 atom stereocenters. The summed E-state index contributed by atoms with van der Waals surface area (Å²) in [5.74, 6) is 1.13. The summed E-state index contributed by atoms with van der Waals surface area (Å²) in [7, 11) is 1.72. The lowest BCUT2D eigenvalue weighted by molar-refractivity contribution is 0.0792. The van der Waals surface area contributed by atoms with Crippen molar-refractivity contribution in [1.82, 2.24) is 9.88 Å². The average Bonchev–Trinajstić information content (AvgIpc) is 3.12. The molecule has 0 aromatic carbocycles. The number of carbonyl (C=O) groups excluding carboxylic acids is 1. The van der Waals surface area contributed by atoms with E-state index in [1.807, 2.05) is 4.90 Å². The molecule has 6 heteroatoms. The molecular weight excluding hydrogens is 274 g/mol. The fraction of sp³-hybridized carbons (Fsp3) is 0.714. The van der Waals surface area contributed by atoms with Crippen LogP contribution < -0.4 is 4.90 Å². The number of aryl methyl sites for hydroxylation is 1. The molecule has 2 aliphatic heterocycles. The quantitative estimate of drug-likeness (QED) is 0.849. The zero-order valence-corrected chi connectivity index (χ0v) is 12.7. The van der Waals surface area contributed by atoms with E-state index < -0.39 is 0 Å². The molecule has 5 nitrogen and oxygen atoms in total. The number of thiazole rings is 1. The van der Waals surface area contributed by atoms with Crippen molar-refractivity contribution in [1.29, 1.82) is 0 Å². The number of anilines is 1. The van der Waals surface area contributed by atoms with E-state index in [0.717, 1.165) is 57.7 Å². The first kappa shape index (κ1) is 13.8. The van der Waals surface area contributed by atoms with Gasteiger partial charge in [0.2, 0.25) is 0 Å². The molecule has 1 saturated heterocycles. The Labute approximate surface area is 123 Å². The number of rotatable bonds is 4. The van der Waals surface area contributed by atoms with Crippen LogP contribution in [0.25, 0.3) is 0 Å². The third-order valence-corrected chi connectivity index (χ3v) is 5.04. The van der Waals surface area contributed by atoms with Gasteiger partial charge in [-0.2, -0.15) is 0 Å². The molecule has 20 heavy (non-hydrogen) atoms. The smallest absolute Gasteiger partial charge is 0.282 e. The lowest BCUT2D eigenvalue weighted by Crippen LogP contribution is -2.32. The molecule has 1 amide bonds. The molecule has 0 bridgehead atoms. The van der Waals surface area contributed by atoms with Crippen molar-refractivity contribution in [2.45, 2.75) is 25.7 Å². The van der Waals surface area contributed by atoms with Crippen molar-refractivity contribution in [2.75, 3.05) is 44.8 Å². The normalized spacial score (nSPS) is 18.4. The van der Waals surface area contributed by atoms with Crippen LogP contribution in [-0.2, 0) is 11.2 Å². The summed E-state index contributed by atoms with van der Waals surface area (Å²) < 4.78 is 5.15. The van der Waals surface area contributed by atoms with Gasteiger partial charge in [-0.25, -0.2) is 4.98 Å². The second-order valence-corrected chi connectivity index (χ2v) is 6.43. The largest absolute Gasteiger partial charge is 0.383 e. The van der Waals surface area contributed by atoms with E-state index in [1.165, 1.54) is 4.88 Å². The molecule has 3 rings (SSSR count). The molecule has 0 radical (unpaired) electrons. The van der Waals surface area contributed by atoms with Gasteiger partial charge in [0.25, 0.3) is 5.91 Å². The third-order valence-electron chi connectivity index (χ3n) is 3.95. The summed E-state index contributed by atoms with van der Waals surface area (Å²) in [6, 6.07) is 0. The van der Waals surface area contributed by atoms with Crippen molar-refractivity contribution in [2.24, 2.45) is 0 Å². The number of hydrogen-bond donors (Lipinski definition) is 0. The van der Waals surface area contributed by atoms with E-state index in [2.05, 4.69) is 9.88 Å². The fourth-order valence-electron chi connectivity index (χ4n) is 2.86. The number of amides is 1. The SMILES string of the molecule is COCCN1CCCc2sc(C(=O)N3CCCC3)nc21. The second-order valence-electron chi connectivity index (χ2n) is 5.35. The van der Waals surface area contributed by atoms with Gasteiger partial charge in [-0.05, 0) is 25.7 Å². The molecule has 110 valence electrons. The first-order chi connectivity index (χ1) is 9.79. The van der Waals surface area contributed by atoms with E-state index >= 15 is 0 Å². The topological polar surface area (TPSA) is 45.7 Å². The predicted molar refractivity (Wildman–Crippen MR) is 79.7 cm³/mol. The van der Waals surface area contributed by atoms with E-state index in [-0.39, 0.29) is 5.91 Å². The van der Waals surface area contributed by atoms with Gasteiger partial charge in [0, 0.05) is 38.2 Å². The van der Waals surface area contributed by atoms with E-state index in [0.29, 0.717) is 11.6 Å². The van der Waals surface area contributed by atoms with Crippen LogP contribution in [-0.4, -0.2) is 55.7 Å². The number of nitrogens with zero attached hydrogens (tertiary/aromatic N) is 3. The van der Waals surface area contributed by atoms with E-state index in [4.69, 9.17) is 4.74 Å². The average molecular weight is 295 g/mol. The molecule has 0 N–H and O–H groups in total. The van der Waals surface area contributed by atoms with Crippen molar-refractivity contribution in [3.05, 3.63) is 9.88 Å². The van der Waals surface area contributed by atoms with Gasteiger partial charge in [-0.15, -0.1) is 11.3 Å². The summed E-state index contributed by atoms with van der Waals surface area (Å²) in [5.41, 5.74) is 0. The third kappa shape index (κ3) is 2.67. The van der Waals surface area contributed by atoms with Crippen LogP contribution in [0.2, 0.25) is 0 Å². The highest BCUT2D eigenvalue weighted by Crippen LogP contribution is 2.32.